The molecule has 0 unspecified atom stereocenters. The molecule has 1 aliphatic rings. The van der Waals surface area contributed by atoms with Crippen molar-refractivity contribution < 1.29 is 33.3 Å². The maximum atomic E-state index is 14.3. The molecule has 0 spiro atoms. The molecule has 0 fully saturated rings. The largest absolute Gasteiger partial charge is 0.490 e. The van der Waals surface area contributed by atoms with Gasteiger partial charge in [-0.3, -0.25) is 9.36 Å². The Morgan fingerprint density at radius 2 is 1.67 bits per heavy atom. The monoisotopic (exact) mass is 944 g/mol. The molecule has 0 N–H and O–H groups in total. The average molecular weight is 945 g/mol. The van der Waals surface area contributed by atoms with Crippen molar-refractivity contribution in [3.63, 3.8) is 0 Å². The SMILES string of the molecule is CCOC(=O)C1=C(C)N=c2s/c(=C\c3cc(I)c(OCc4cccc5ccccc45)c(I)c3)c(=O)n2[C@H]1c1ccc(OCC(=O)OC)c(OCC)c1. The van der Waals surface area contributed by atoms with Crippen LogP contribution in [0.1, 0.15) is 43.5 Å². The van der Waals surface area contributed by atoms with E-state index in [0.717, 1.165) is 34.8 Å². The molecule has 0 saturated carbocycles. The fourth-order valence-corrected chi connectivity index (χ4v) is 9.08. The number of allylic oxidation sites excluding steroid dienone is 1. The summed E-state index contributed by atoms with van der Waals surface area (Å²) in [5.74, 6) is 0.308. The summed E-state index contributed by atoms with van der Waals surface area (Å²) in [6.45, 7) is 5.84. The Bertz CT molecular complexity index is 2370. The summed E-state index contributed by atoms with van der Waals surface area (Å²) in [6.07, 6.45) is 1.83. The molecule has 0 radical (unpaired) electrons. The second-order valence-electron chi connectivity index (χ2n) is 11.5. The third-order valence-electron chi connectivity index (χ3n) is 8.24. The minimum absolute atomic E-state index is 0.149. The molecule has 268 valence electrons. The Balaban J connectivity index is 1.38. The number of ether oxygens (including phenoxy) is 5. The van der Waals surface area contributed by atoms with E-state index in [0.29, 0.717) is 45.3 Å². The second-order valence-corrected chi connectivity index (χ2v) is 14.9. The first kappa shape index (κ1) is 37.5. The smallest absolute Gasteiger partial charge is 0.343 e. The minimum Gasteiger partial charge on any atom is -0.490 e. The van der Waals surface area contributed by atoms with Crippen LogP contribution >= 0.6 is 56.5 Å². The number of hydrogen-bond acceptors (Lipinski definition) is 10. The lowest BCUT2D eigenvalue weighted by molar-refractivity contribution is -0.143. The van der Waals surface area contributed by atoms with Gasteiger partial charge in [0.2, 0.25) is 0 Å². The summed E-state index contributed by atoms with van der Waals surface area (Å²) in [7, 11) is 1.28. The van der Waals surface area contributed by atoms with Gasteiger partial charge in [-0.1, -0.05) is 59.9 Å². The highest BCUT2D eigenvalue weighted by Gasteiger charge is 2.34. The van der Waals surface area contributed by atoms with Gasteiger partial charge in [0.15, 0.2) is 22.9 Å². The second kappa shape index (κ2) is 16.6. The van der Waals surface area contributed by atoms with Crippen LogP contribution in [0.2, 0.25) is 0 Å². The van der Waals surface area contributed by atoms with Crippen molar-refractivity contribution in [2.75, 3.05) is 26.9 Å². The first-order valence-electron chi connectivity index (χ1n) is 16.4. The summed E-state index contributed by atoms with van der Waals surface area (Å²) in [4.78, 5) is 44.6. The van der Waals surface area contributed by atoms with Gasteiger partial charge in [0.05, 0.1) is 49.3 Å². The van der Waals surface area contributed by atoms with Crippen molar-refractivity contribution in [1.29, 1.82) is 0 Å². The predicted octanol–water partition coefficient (Wildman–Crippen LogP) is 6.69. The van der Waals surface area contributed by atoms with Crippen molar-refractivity contribution in [3.05, 3.63) is 128 Å². The van der Waals surface area contributed by atoms with Crippen LogP contribution in [0, 0.1) is 7.14 Å². The zero-order chi connectivity index (χ0) is 36.9. The highest BCUT2D eigenvalue weighted by molar-refractivity contribution is 14.1. The van der Waals surface area contributed by atoms with Gasteiger partial charge in [-0.25, -0.2) is 14.6 Å². The Morgan fingerprint density at radius 1 is 0.923 bits per heavy atom. The van der Waals surface area contributed by atoms with Gasteiger partial charge in [0.1, 0.15) is 12.4 Å². The topological polar surface area (TPSA) is 115 Å². The molecule has 0 saturated heterocycles. The normalized spacial score (nSPS) is 14.1. The van der Waals surface area contributed by atoms with E-state index >= 15 is 0 Å². The van der Waals surface area contributed by atoms with Crippen LogP contribution in [0.15, 0.2) is 93.9 Å². The molecule has 5 aromatic rings. The Kier molecular flexibility index (Phi) is 12.0. The highest BCUT2D eigenvalue weighted by atomic mass is 127. The van der Waals surface area contributed by atoms with Gasteiger partial charge >= 0.3 is 11.9 Å². The number of methoxy groups -OCH3 is 1. The molecular formula is C39H34I2N2O8S. The third-order valence-corrected chi connectivity index (χ3v) is 10.8. The van der Waals surface area contributed by atoms with Crippen LogP contribution in [0.4, 0.5) is 0 Å². The van der Waals surface area contributed by atoms with E-state index in [9.17, 15) is 14.4 Å². The summed E-state index contributed by atoms with van der Waals surface area (Å²) < 4.78 is 31.8. The van der Waals surface area contributed by atoms with E-state index in [1.807, 2.05) is 43.3 Å². The molecule has 52 heavy (non-hydrogen) atoms. The number of thiazole rings is 1. The van der Waals surface area contributed by atoms with E-state index in [4.69, 9.17) is 28.7 Å². The first-order valence-corrected chi connectivity index (χ1v) is 19.3. The molecule has 2 heterocycles. The van der Waals surface area contributed by atoms with Crippen LogP contribution in [-0.4, -0.2) is 43.4 Å². The van der Waals surface area contributed by atoms with Crippen LogP contribution in [0.5, 0.6) is 17.2 Å². The number of carbonyl (C=O) groups excluding carboxylic acids is 2. The number of nitrogens with zero attached hydrogens (tertiary/aromatic N) is 2. The highest BCUT2D eigenvalue weighted by Crippen LogP contribution is 2.37. The van der Waals surface area contributed by atoms with Crippen LogP contribution in [-0.2, 0) is 25.7 Å². The van der Waals surface area contributed by atoms with Crippen molar-refractivity contribution in [2.45, 2.75) is 33.4 Å². The Hall–Kier alpha value is -4.22. The predicted molar refractivity (Wildman–Crippen MR) is 216 cm³/mol. The lowest BCUT2D eigenvalue weighted by atomic mass is 9.95. The quantitative estimate of drug-likeness (QED) is 0.101. The number of aromatic nitrogens is 1. The number of carbonyl (C=O) groups is 2. The number of rotatable bonds is 12. The number of fused-ring (bicyclic) bond motifs is 2. The standard InChI is InChI=1S/C39H34I2N2O8S/c1-5-48-31-19-25(14-15-30(31)50-21-33(44)47-4)35-34(38(46)49-6-2)22(3)42-39-43(35)37(45)32(52-39)18-23-16-28(40)36(29(41)17-23)51-20-26-12-9-11-24-10-7-8-13-27(24)26/h7-19,35H,5-6,20-21H2,1-4H3/b32-18-/t35-/m0/s1. The molecule has 1 atom stereocenters. The minimum atomic E-state index is -0.864. The number of halogens is 2. The Labute approximate surface area is 331 Å². The molecule has 0 amide bonds. The summed E-state index contributed by atoms with van der Waals surface area (Å²) in [6, 6.07) is 22.6. The van der Waals surface area contributed by atoms with Crippen LogP contribution in [0.3, 0.4) is 0 Å². The van der Waals surface area contributed by atoms with Gasteiger partial charge in [-0.05, 0) is 124 Å². The molecule has 1 aromatic heterocycles. The van der Waals surface area contributed by atoms with E-state index < -0.39 is 18.0 Å². The lowest BCUT2D eigenvalue weighted by Gasteiger charge is -2.25. The summed E-state index contributed by atoms with van der Waals surface area (Å²) in [5, 5.41) is 2.31. The first-order chi connectivity index (χ1) is 25.1. The lowest BCUT2D eigenvalue weighted by Crippen LogP contribution is -2.40. The molecular weight excluding hydrogens is 910 g/mol. The molecule has 0 bridgehead atoms. The van der Waals surface area contributed by atoms with Crippen molar-refractivity contribution in [3.8, 4) is 17.2 Å². The number of esters is 2. The van der Waals surface area contributed by atoms with Gasteiger partial charge in [0.25, 0.3) is 5.56 Å². The van der Waals surface area contributed by atoms with Gasteiger partial charge in [0, 0.05) is 0 Å². The van der Waals surface area contributed by atoms with Crippen molar-refractivity contribution in [2.24, 2.45) is 4.99 Å². The van der Waals surface area contributed by atoms with Crippen LogP contribution in [0.25, 0.3) is 16.8 Å². The van der Waals surface area contributed by atoms with Gasteiger partial charge in [-0.15, -0.1) is 0 Å². The van der Waals surface area contributed by atoms with Crippen molar-refractivity contribution >= 4 is 85.3 Å². The zero-order valence-electron chi connectivity index (χ0n) is 28.7. The van der Waals surface area contributed by atoms with Gasteiger partial charge in [-0.2, -0.15) is 0 Å². The Morgan fingerprint density at radius 3 is 2.40 bits per heavy atom. The van der Waals surface area contributed by atoms with E-state index in [2.05, 4.69) is 69.4 Å². The maximum Gasteiger partial charge on any atom is 0.343 e. The molecule has 6 rings (SSSR count). The fourth-order valence-electron chi connectivity index (χ4n) is 5.91. The number of hydrogen-bond donors (Lipinski definition) is 0. The van der Waals surface area contributed by atoms with E-state index in [1.165, 1.54) is 23.0 Å². The third kappa shape index (κ3) is 7.90. The molecule has 13 heteroatoms. The molecule has 10 nitrogen and oxygen atoms in total. The summed E-state index contributed by atoms with van der Waals surface area (Å²) >= 11 is 5.76. The molecule has 0 aliphatic carbocycles. The molecule has 4 aromatic carbocycles. The van der Waals surface area contributed by atoms with Crippen molar-refractivity contribution in [1.82, 2.24) is 4.57 Å². The maximum absolute atomic E-state index is 14.3. The van der Waals surface area contributed by atoms with E-state index in [-0.39, 0.29) is 24.3 Å². The van der Waals surface area contributed by atoms with Crippen LogP contribution < -0.4 is 29.1 Å². The van der Waals surface area contributed by atoms with Gasteiger partial charge < -0.3 is 23.7 Å². The average Bonchev–Trinajstić information content (AvgIpc) is 3.43. The van der Waals surface area contributed by atoms with E-state index in [1.54, 1.807) is 32.0 Å². The zero-order valence-corrected chi connectivity index (χ0v) is 33.9. The summed E-state index contributed by atoms with van der Waals surface area (Å²) in [5.41, 5.74) is 2.86. The number of benzene rings is 4. The fraction of sp³-hybridized carbons (Fsp3) is 0.231. The molecule has 1 aliphatic heterocycles.